The first-order chi connectivity index (χ1) is 9.65. The van der Waals surface area contributed by atoms with Crippen molar-refractivity contribution < 1.29 is 9.63 Å². The van der Waals surface area contributed by atoms with E-state index in [1.165, 1.54) is 5.56 Å². The molecule has 0 aliphatic heterocycles. The second kappa shape index (κ2) is 6.72. The second-order valence-corrected chi connectivity index (χ2v) is 4.53. The topological polar surface area (TPSA) is 82.2 Å². The molecule has 1 aromatic carbocycles. The molecule has 0 atom stereocenters. The van der Waals surface area contributed by atoms with Gasteiger partial charge in [-0.15, -0.1) is 0 Å². The number of aromatic nitrogens is 2. The summed E-state index contributed by atoms with van der Waals surface area (Å²) in [5.74, 6) is 0. The van der Waals surface area contributed by atoms with Crippen LogP contribution < -0.4 is 11.2 Å². The van der Waals surface area contributed by atoms with Gasteiger partial charge in [0, 0.05) is 11.9 Å². The van der Waals surface area contributed by atoms with E-state index in [2.05, 4.69) is 41.7 Å². The Morgan fingerprint density at radius 2 is 2.15 bits per heavy atom. The number of benzene rings is 1. The molecule has 106 valence electrons. The largest absolute Gasteiger partial charge is 0.350 e. The van der Waals surface area contributed by atoms with Gasteiger partial charge in [-0.3, -0.25) is 4.84 Å². The van der Waals surface area contributed by atoms with Gasteiger partial charge < -0.3 is 10.3 Å². The minimum absolute atomic E-state index is 0.403. The van der Waals surface area contributed by atoms with E-state index in [-0.39, 0.29) is 0 Å². The molecule has 2 rings (SSSR count). The summed E-state index contributed by atoms with van der Waals surface area (Å²) in [6.07, 6.45) is 5.32. The second-order valence-electron chi connectivity index (χ2n) is 4.53. The first-order valence-electron chi connectivity index (χ1n) is 6.42. The highest BCUT2D eigenvalue weighted by Crippen LogP contribution is 2.10. The number of aryl methyl sites for hydroxylation is 2. The molecule has 2 amide bonds. The quantitative estimate of drug-likeness (QED) is 0.621. The number of rotatable bonds is 6. The van der Waals surface area contributed by atoms with Gasteiger partial charge in [0.05, 0.1) is 18.6 Å². The van der Waals surface area contributed by atoms with Crippen molar-refractivity contribution in [3.8, 4) is 5.69 Å². The number of amides is 2. The number of carbonyl (C=O) groups excluding carboxylic acids is 1. The van der Waals surface area contributed by atoms with Crippen LogP contribution in [0.2, 0.25) is 0 Å². The highest BCUT2D eigenvalue weighted by atomic mass is 16.7. The summed E-state index contributed by atoms with van der Waals surface area (Å²) in [5, 5.41) is 0. The van der Waals surface area contributed by atoms with Gasteiger partial charge >= 0.3 is 6.03 Å². The first-order valence-corrected chi connectivity index (χ1v) is 6.42. The predicted octanol–water partition coefficient (Wildman–Crippen LogP) is 1.71. The summed E-state index contributed by atoms with van der Waals surface area (Å²) in [6.45, 7) is 2.46. The third-order valence-corrected chi connectivity index (χ3v) is 2.82. The molecule has 20 heavy (non-hydrogen) atoms. The molecule has 0 radical (unpaired) electrons. The number of hydroxylamine groups is 1. The lowest BCUT2D eigenvalue weighted by Gasteiger charge is -2.02. The molecule has 2 aromatic rings. The van der Waals surface area contributed by atoms with Gasteiger partial charge in [-0.05, 0) is 31.9 Å². The number of urea groups is 1. The fourth-order valence-corrected chi connectivity index (χ4v) is 1.80. The first kappa shape index (κ1) is 14.1. The molecule has 0 fully saturated rings. The number of hydrogen-bond donors (Lipinski definition) is 2. The van der Waals surface area contributed by atoms with Crippen molar-refractivity contribution in [1.29, 1.82) is 0 Å². The van der Waals surface area contributed by atoms with Crippen molar-refractivity contribution in [3.63, 3.8) is 0 Å². The number of imidazole rings is 1. The molecule has 1 aromatic heterocycles. The molecule has 0 unspecified atom stereocenters. The zero-order valence-electron chi connectivity index (χ0n) is 11.4. The highest BCUT2D eigenvalue weighted by molar-refractivity contribution is 5.70. The average molecular weight is 274 g/mol. The maximum atomic E-state index is 10.4. The fraction of sp³-hybridized carbons (Fsp3) is 0.286. The number of hydrogen-bond acceptors (Lipinski definition) is 3. The van der Waals surface area contributed by atoms with E-state index in [4.69, 9.17) is 10.6 Å². The molecule has 0 aliphatic carbocycles. The maximum absolute atomic E-state index is 10.4. The van der Waals surface area contributed by atoms with E-state index in [0.717, 1.165) is 24.2 Å². The summed E-state index contributed by atoms with van der Waals surface area (Å²) in [5.41, 5.74) is 10.2. The smallest absolute Gasteiger partial charge is 0.336 e. The van der Waals surface area contributed by atoms with Crippen LogP contribution in [-0.4, -0.2) is 22.2 Å². The van der Waals surface area contributed by atoms with Gasteiger partial charge in [0.1, 0.15) is 0 Å². The standard InChI is InChI=1S/C14H18N4O2/c1-11-4-6-13(7-5-11)18-9-12(16-10-18)3-2-8-20-17-14(15)19/h4-7,9-10H,2-3,8H2,1H3,(H3,15,17,19). The van der Waals surface area contributed by atoms with Gasteiger partial charge in [-0.2, -0.15) is 0 Å². The molecule has 3 N–H and O–H groups in total. The summed E-state index contributed by atoms with van der Waals surface area (Å²) >= 11 is 0. The molecular formula is C14H18N4O2. The number of nitrogens with one attached hydrogen (secondary N) is 1. The molecule has 0 bridgehead atoms. The average Bonchev–Trinajstić information content (AvgIpc) is 2.87. The number of carbonyl (C=O) groups is 1. The Morgan fingerprint density at radius 1 is 1.40 bits per heavy atom. The lowest BCUT2D eigenvalue weighted by atomic mass is 10.2. The van der Waals surface area contributed by atoms with Crippen LogP contribution in [0.15, 0.2) is 36.8 Å². The van der Waals surface area contributed by atoms with Gasteiger partial charge in [0.25, 0.3) is 0 Å². The van der Waals surface area contributed by atoms with Crippen LogP contribution in [0.3, 0.4) is 0 Å². The Balaban J connectivity index is 1.83. The molecule has 0 saturated carbocycles. The van der Waals surface area contributed by atoms with Crippen molar-refractivity contribution in [3.05, 3.63) is 48.0 Å². The minimum Gasteiger partial charge on any atom is -0.350 e. The Morgan fingerprint density at radius 3 is 2.85 bits per heavy atom. The zero-order chi connectivity index (χ0) is 14.4. The molecule has 0 saturated heterocycles. The third-order valence-electron chi connectivity index (χ3n) is 2.82. The number of primary amides is 1. The lowest BCUT2D eigenvalue weighted by Crippen LogP contribution is -2.29. The van der Waals surface area contributed by atoms with Crippen molar-refractivity contribution in [2.24, 2.45) is 5.73 Å². The van der Waals surface area contributed by atoms with Gasteiger partial charge in [0.2, 0.25) is 0 Å². The normalized spacial score (nSPS) is 10.4. The van der Waals surface area contributed by atoms with Crippen LogP contribution in [0.5, 0.6) is 0 Å². The van der Waals surface area contributed by atoms with E-state index in [9.17, 15) is 4.79 Å². The summed E-state index contributed by atoms with van der Waals surface area (Å²) < 4.78 is 1.98. The van der Waals surface area contributed by atoms with E-state index in [1.807, 2.05) is 10.8 Å². The number of nitrogens with two attached hydrogens (primary N) is 1. The molecule has 0 spiro atoms. The minimum atomic E-state index is -0.686. The van der Waals surface area contributed by atoms with Crippen LogP contribution in [0.1, 0.15) is 17.7 Å². The molecule has 1 heterocycles. The van der Waals surface area contributed by atoms with E-state index >= 15 is 0 Å². The van der Waals surface area contributed by atoms with Crippen LogP contribution in [0.25, 0.3) is 5.69 Å². The Labute approximate surface area is 117 Å². The number of nitrogens with zero attached hydrogens (tertiary/aromatic N) is 2. The monoisotopic (exact) mass is 274 g/mol. The van der Waals surface area contributed by atoms with Crippen molar-refractivity contribution >= 4 is 6.03 Å². The zero-order valence-corrected chi connectivity index (χ0v) is 11.4. The summed E-state index contributed by atoms with van der Waals surface area (Å²) in [4.78, 5) is 19.6. The Bertz CT molecular complexity index is 563. The lowest BCUT2D eigenvalue weighted by molar-refractivity contribution is 0.0628. The third kappa shape index (κ3) is 4.10. The van der Waals surface area contributed by atoms with Crippen molar-refractivity contribution in [2.45, 2.75) is 19.8 Å². The Kier molecular flexibility index (Phi) is 4.73. The molecular weight excluding hydrogens is 256 g/mol. The van der Waals surface area contributed by atoms with E-state index in [1.54, 1.807) is 6.33 Å². The van der Waals surface area contributed by atoms with E-state index < -0.39 is 6.03 Å². The van der Waals surface area contributed by atoms with Crippen molar-refractivity contribution in [1.82, 2.24) is 15.0 Å². The SMILES string of the molecule is Cc1ccc(-n2cnc(CCCONC(N)=O)c2)cc1. The van der Waals surface area contributed by atoms with Crippen LogP contribution in [0.4, 0.5) is 4.79 Å². The molecule has 0 aliphatic rings. The van der Waals surface area contributed by atoms with Crippen LogP contribution in [-0.2, 0) is 11.3 Å². The maximum Gasteiger partial charge on any atom is 0.336 e. The summed E-state index contributed by atoms with van der Waals surface area (Å²) in [7, 11) is 0. The van der Waals surface area contributed by atoms with Crippen LogP contribution >= 0.6 is 0 Å². The molecule has 6 nitrogen and oxygen atoms in total. The van der Waals surface area contributed by atoms with Crippen LogP contribution in [0, 0.1) is 6.92 Å². The highest BCUT2D eigenvalue weighted by Gasteiger charge is 2.01. The van der Waals surface area contributed by atoms with Crippen molar-refractivity contribution in [2.75, 3.05) is 6.61 Å². The Hall–Kier alpha value is -2.34. The van der Waals surface area contributed by atoms with Gasteiger partial charge in [-0.1, -0.05) is 17.7 Å². The molecule has 6 heteroatoms. The van der Waals surface area contributed by atoms with E-state index in [0.29, 0.717) is 6.61 Å². The summed E-state index contributed by atoms with van der Waals surface area (Å²) in [6, 6.07) is 7.56. The van der Waals surface area contributed by atoms with Gasteiger partial charge in [0.15, 0.2) is 0 Å². The fourth-order valence-electron chi connectivity index (χ4n) is 1.80. The predicted molar refractivity (Wildman–Crippen MR) is 75.3 cm³/mol. The van der Waals surface area contributed by atoms with Gasteiger partial charge in [-0.25, -0.2) is 15.3 Å².